The van der Waals surface area contributed by atoms with Gasteiger partial charge in [-0.1, -0.05) is 0 Å². The van der Waals surface area contributed by atoms with Crippen molar-refractivity contribution >= 4 is 17.3 Å². The standard InChI is InChI=1S/C9H10N2O5/c1-2-16-9(13)5-3-7(11(14)15)8(12)4-6(5)10/h3-4,12H,2,10H2,1H3. The molecule has 0 radical (unpaired) electrons. The zero-order valence-corrected chi connectivity index (χ0v) is 8.47. The van der Waals surface area contributed by atoms with E-state index in [2.05, 4.69) is 4.74 Å². The van der Waals surface area contributed by atoms with Crippen LogP contribution in [-0.4, -0.2) is 22.6 Å². The molecule has 0 spiro atoms. The van der Waals surface area contributed by atoms with Gasteiger partial charge in [0.25, 0.3) is 0 Å². The summed E-state index contributed by atoms with van der Waals surface area (Å²) in [5, 5.41) is 19.7. The Morgan fingerprint density at radius 2 is 2.25 bits per heavy atom. The summed E-state index contributed by atoms with van der Waals surface area (Å²) < 4.78 is 4.66. The third kappa shape index (κ3) is 2.19. The summed E-state index contributed by atoms with van der Waals surface area (Å²) >= 11 is 0. The number of nitro groups is 1. The molecule has 86 valence electrons. The normalized spacial score (nSPS) is 9.81. The number of phenols is 1. The second kappa shape index (κ2) is 4.47. The van der Waals surface area contributed by atoms with Crippen LogP contribution >= 0.6 is 0 Å². The predicted molar refractivity (Wildman–Crippen MR) is 55.1 cm³/mol. The van der Waals surface area contributed by atoms with E-state index in [1.807, 2.05) is 0 Å². The molecular weight excluding hydrogens is 216 g/mol. The predicted octanol–water partition coefficient (Wildman–Crippen LogP) is 1.06. The van der Waals surface area contributed by atoms with Gasteiger partial charge in [-0.2, -0.15) is 0 Å². The number of nitrogen functional groups attached to an aromatic ring is 1. The average Bonchev–Trinajstić information content (AvgIpc) is 2.17. The maximum atomic E-state index is 11.3. The van der Waals surface area contributed by atoms with Crippen LogP contribution in [0.2, 0.25) is 0 Å². The number of esters is 1. The molecule has 0 aliphatic carbocycles. The van der Waals surface area contributed by atoms with Crippen molar-refractivity contribution in [3.63, 3.8) is 0 Å². The van der Waals surface area contributed by atoms with E-state index in [9.17, 15) is 20.0 Å². The summed E-state index contributed by atoms with van der Waals surface area (Å²) in [6, 6.07) is 1.84. The van der Waals surface area contributed by atoms with Crippen LogP contribution in [0.4, 0.5) is 11.4 Å². The minimum absolute atomic E-state index is 0.0680. The molecule has 7 nitrogen and oxygen atoms in total. The number of anilines is 1. The number of nitrogens with zero attached hydrogens (tertiary/aromatic N) is 1. The highest BCUT2D eigenvalue weighted by Gasteiger charge is 2.20. The fourth-order valence-corrected chi connectivity index (χ4v) is 1.12. The van der Waals surface area contributed by atoms with E-state index in [-0.39, 0.29) is 17.9 Å². The molecule has 0 saturated carbocycles. The second-order valence-corrected chi connectivity index (χ2v) is 2.91. The van der Waals surface area contributed by atoms with Gasteiger partial charge in [0.1, 0.15) is 0 Å². The number of carbonyl (C=O) groups excluding carboxylic acids is 1. The van der Waals surface area contributed by atoms with Crippen molar-refractivity contribution in [1.82, 2.24) is 0 Å². The first-order valence-electron chi connectivity index (χ1n) is 4.41. The van der Waals surface area contributed by atoms with E-state index in [1.54, 1.807) is 6.92 Å². The Labute approximate surface area is 90.6 Å². The van der Waals surface area contributed by atoms with Crippen molar-refractivity contribution in [2.45, 2.75) is 6.92 Å². The lowest BCUT2D eigenvalue weighted by molar-refractivity contribution is -0.385. The molecule has 0 bridgehead atoms. The molecule has 1 rings (SSSR count). The van der Waals surface area contributed by atoms with Crippen LogP contribution < -0.4 is 5.73 Å². The van der Waals surface area contributed by atoms with Gasteiger partial charge in [0.15, 0.2) is 5.75 Å². The van der Waals surface area contributed by atoms with E-state index >= 15 is 0 Å². The minimum Gasteiger partial charge on any atom is -0.502 e. The summed E-state index contributed by atoms with van der Waals surface area (Å²) in [4.78, 5) is 21.1. The van der Waals surface area contributed by atoms with Crippen LogP contribution in [0.3, 0.4) is 0 Å². The zero-order chi connectivity index (χ0) is 12.3. The first-order chi connectivity index (χ1) is 7.47. The number of aromatic hydroxyl groups is 1. The molecule has 7 heteroatoms. The number of carbonyl (C=O) groups is 1. The van der Waals surface area contributed by atoms with Gasteiger partial charge in [-0.25, -0.2) is 4.79 Å². The van der Waals surface area contributed by atoms with Gasteiger partial charge in [-0.05, 0) is 6.92 Å². The van der Waals surface area contributed by atoms with Gasteiger partial charge < -0.3 is 15.6 Å². The Kier molecular flexibility index (Phi) is 3.29. The van der Waals surface area contributed by atoms with Crippen molar-refractivity contribution in [3.05, 3.63) is 27.8 Å². The highest BCUT2D eigenvalue weighted by atomic mass is 16.6. The Morgan fingerprint density at radius 3 is 2.75 bits per heavy atom. The summed E-state index contributed by atoms with van der Waals surface area (Å²) in [5.74, 6) is -1.35. The summed E-state index contributed by atoms with van der Waals surface area (Å²) in [6.45, 7) is 1.73. The molecular formula is C9H10N2O5. The number of hydrogen-bond donors (Lipinski definition) is 2. The lowest BCUT2D eigenvalue weighted by Crippen LogP contribution is -2.08. The molecule has 1 aromatic carbocycles. The molecule has 0 unspecified atom stereocenters. The summed E-state index contributed by atoms with van der Waals surface area (Å²) in [5.41, 5.74) is 4.65. The van der Waals surface area contributed by atoms with E-state index in [4.69, 9.17) is 5.73 Å². The van der Waals surface area contributed by atoms with Gasteiger partial charge in [0.05, 0.1) is 22.8 Å². The number of nitrogens with two attached hydrogens (primary N) is 1. The van der Waals surface area contributed by atoms with Crippen LogP contribution in [0.25, 0.3) is 0 Å². The molecule has 1 aromatic rings. The molecule has 0 fully saturated rings. The van der Waals surface area contributed by atoms with Crippen molar-refractivity contribution in [2.75, 3.05) is 12.3 Å². The number of phenolic OH excluding ortho intramolecular Hbond substituents is 1. The largest absolute Gasteiger partial charge is 0.502 e. The maximum absolute atomic E-state index is 11.3. The highest BCUT2D eigenvalue weighted by molar-refractivity contribution is 5.96. The number of benzene rings is 1. The van der Waals surface area contributed by atoms with Crippen LogP contribution in [0.5, 0.6) is 5.75 Å². The van der Waals surface area contributed by atoms with Gasteiger partial charge in [-0.3, -0.25) is 10.1 Å². The number of rotatable bonds is 3. The van der Waals surface area contributed by atoms with Gasteiger partial charge in [0.2, 0.25) is 0 Å². The molecule has 0 saturated heterocycles. The van der Waals surface area contributed by atoms with Gasteiger partial charge >= 0.3 is 11.7 Å². The zero-order valence-electron chi connectivity index (χ0n) is 8.47. The van der Waals surface area contributed by atoms with Crippen molar-refractivity contribution < 1.29 is 19.6 Å². The molecule has 0 aromatic heterocycles. The van der Waals surface area contributed by atoms with Crippen LogP contribution in [0, 0.1) is 10.1 Å². The van der Waals surface area contributed by atoms with Crippen molar-refractivity contribution in [2.24, 2.45) is 0 Å². The smallest absolute Gasteiger partial charge is 0.340 e. The Balaban J connectivity index is 3.24. The van der Waals surface area contributed by atoms with E-state index in [0.717, 1.165) is 12.1 Å². The quantitative estimate of drug-likeness (QED) is 0.344. The molecule has 0 heterocycles. The Bertz CT molecular complexity index is 444. The Morgan fingerprint density at radius 1 is 1.62 bits per heavy atom. The first-order valence-corrected chi connectivity index (χ1v) is 4.41. The van der Waals surface area contributed by atoms with E-state index in [1.165, 1.54) is 0 Å². The molecule has 16 heavy (non-hydrogen) atoms. The topological polar surface area (TPSA) is 116 Å². The van der Waals surface area contributed by atoms with Crippen molar-refractivity contribution in [1.29, 1.82) is 0 Å². The second-order valence-electron chi connectivity index (χ2n) is 2.91. The maximum Gasteiger partial charge on any atom is 0.340 e. The van der Waals surface area contributed by atoms with E-state index in [0.29, 0.717) is 0 Å². The molecule has 0 aliphatic rings. The average molecular weight is 226 g/mol. The van der Waals surface area contributed by atoms with E-state index < -0.39 is 22.3 Å². The number of ether oxygens (including phenoxy) is 1. The van der Waals surface area contributed by atoms with Crippen LogP contribution in [0.1, 0.15) is 17.3 Å². The third-order valence-electron chi connectivity index (χ3n) is 1.84. The third-order valence-corrected chi connectivity index (χ3v) is 1.84. The molecule has 0 amide bonds. The van der Waals surface area contributed by atoms with Gasteiger partial charge in [-0.15, -0.1) is 0 Å². The number of nitro benzene ring substituents is 1. The van der Waals surface area contributed by atoms with Gasteiger partial charge in [0, 0.05) is 12.1 Å². The fraction of sp³-hybridized carbons (Fsp3) is 0.222. The summed E-state index contributed by atoms with van der Waals surface area (Å²) in [7, 11) is 0. The molecule has 0 atom stereocenters. The lowest BCUT2D eigenvalue weighted by atomic mass is 10.1. The Hall–Kier alpha value is -2.31. The SMILES string of the molecule is CCOC(=O)c1cc([N+](=O)[O-])c(O)cc1N. The highest BCUT2D eigenvalue weighted by Crippen LogP contribution is 2.30. The first kappa shape index (κ1) is 11.8. The number of hydrogen-bond acceptors (Lipinski definition) is 6. The molecule has 3 N–H and O–H groups in total. The van der Waals surface area contributed by atoms with Crippen molar-refractivity contribution in [3.8, 4) is 5.75 Å². The monoisotopic (exact) mass is 226 g/mol. The van der Waals surface area contributed by atoms with Crippen LogP contribution in [0.15, 0.2) is 12.1 Å². The minimum atomic E-state index is -0.808. The summed E-state index contributed by atoms with van der Waals surface area (Å²) in [6.07, 6.45) is 0. The molecule has 0 aliphatic heterocycles. The van der Waals surface area contributed by atoms with Crippen LogP contribution in [-0.2, 0) is 4.74 Å². The fourth-order valence-electron chi connectivity index (χ4n) is 1.12. The lowest BCUT2D eigenvalue weighted by Gasteiger charge is -2.05.